The molecule has 0 atom stereocenters. The van der Waals surface area contributed by atoms with Crippen molar-refractivity contribution in [1.29, 1.82) is 0 Å². The minimum absolute atomic E-state index is 0.186. The molecule has 46 heavy (non-hydrogen) atoms. The van der Waals surface area contributed by atoms with Crippen molar-refractivity contribution in [3.05, 3.63) is 158 Å². The summed E-state index contributed by atoms with van der Waals surface area (Å²) in [5.74, 6) is 1.10. The van der Waals surface area contributed by atoms with Crippen molar-refractivity contribution in [3.63, 3.8) is 0 Å². The predicted octanol–water partition coefficient (Wildman–Crippen LogP) is 10.6. The molecule has 0 saturated heterocycles. The van der Waals surface area contributed by atoms with E-state index >= 15 is 0 Å². The van der Waals surface area contributed by atoms with Crippen LogP contribution in [0.15, 0.2) is 158 Å². The molecule has 0 unspecified atom stereocenters. The topological polar surface area (TPSA) is 50.9 Å². The van der Waals surface area contributed by atoms with Crippen LogP contribution in [0, 0.1) is 0 Å². The molecule has 0 amide bonds. The van der Waals surface area contributed by atoms with Crippen molar-refractivity contribution >= 4 is 43.5 Å². The van der Waals surface area contributed by atoms with Crippen LogP contribution in [-0.2, 0) is 0 Å². The number of benzene rings is 7. The van der Waals surface area contributed by atoms with Gasteiger partial charge in [0.25, 0.3) is 0 Å². The standard InChI is InChI=1S/C42H27N3O/c46-39-23-22-34(35-13-8-24-43-41(35)39)40-33-12-5-4-9-30(33)25-31-21-20-29(26-36(31)40)27-16-18-28(19-17-27)42-44-37-14-6-7-15-38(37)45(42)32-10-2-1-3-11-32/h1-26,46H. The number of pyridine rings is 1. The molecule has 7 aromatic carbocycles. The molecular formula is C42H27N3O. The van der Waals surface area contributed by atoms with Crippen molar-refractivity contribution in [2.75, 3.05) is 0 Å². The molecule has 2 heterocycles. The van der Waals surface area contributed by atoms with Gasteiger partial charge in [-0.2, -0.15) is 0 Å². The third kappa shape index (κ3) is 4.15. The lowest BCUT2D eigenvalue weighted by atomic mass is 9.88. The van der Waals surface area contributed by atoms with E-state index in [0.29, 0.717) is 5.52 Å². The number of imidazole rings is 1. The van der Waals surface area contributed by atoms with E-state index in [1.165, 1.54) is 5.39 Å². The fraction of sp³-hybridized carbons (Fsp3) is 0. The molecule has 0 bridgehead atoms. The Morgan fingerprint density at radius 3 is 2.13 bits per heavy atom. The molecule has 0 aliphatic rings. The van der Waals surface area contributed by atoms with E-state index in [1.807, 2.05) is 30.3 Å². The van der Waals surface area contributed by atoms with Crippen LogP contribution in [0.3, 0.4) is 0 Å². The van der Waals surface area contributed by atoms with Crippen LogP contribution in [0.25, 0.3) is 82.8 Å². The molecule has 1 N–H and O–H groups in total. The smallest absolute Gasteiger partial charge is 0.145 e. The minimum Gasteiger partial charge on any atom is -0.506 e. The van der Waals surface area contributed by atoms with E-state index in [2.05, 4.69) is 125 Å². The molecule has 216 valence electrons. The number of para-hydroxylation sites is 3. The van der Waals surface area contributed by atoms with E-state index in [4.69, 9.17) is 4.98 Å². The van der Waals surface area contributed by atoms with Crippen molar-refractivity contribution in [3.8, 4) is 45.1 Å². The van der Waals surface area contributed by atoms with Crippen LogP contribution in [0.2, 0.25) is 0 Å². The number of nitrogens with zero attached hydrogens (tertiary/aromatic N) is 3. The van der Waals surface area contributed by atoms with Crippen LogP contribution in [0.5, 0.6) is 5.75 Å². The first-order valence-electron chi connectivity index (χ1n) is 15.4. The molecule has 9 aromatic rings. The first kappa shape index (κ1) is 26.2. The summed E-state index contributed by atoms with van der Waals surface area (Å²) in [6, 6.07) is 52.6. The molecule has 2 aromatic heterocycles. The molecule has 4 nitrogen and oxygen atoms in total. The first-order valence-corrected chi connectivity index (χ1v) is 15.4. The predicted molar refractivity (Wildman–Crippen MR) is 189 cm³/mol. The molecule has 0 fully saturated rings. The number of hydrogen-bond acceptors (Lipinski definition) is 3. The van der Waals surface area contributed by atoms with Gasteiger partial charge in [-0.1, -0.05) is 97.1 Å². The SMILES string of the molecule is Oc1ccc(-c2c3ccccc3cc3ccc(-c4ccc(-c5nc6ccccc6n5-c5ccccc5)cc4)cc23)c2cccnc12. The highest BCUT2D eigenvalue weighted by Gasteiger charge is 2.17. The largest absolute Gasteiger partial charge is 0.506 e. The van der Waals surface area contributed by atoms with Gasteiger partial charge >= 0.3 is 0 Å². The molecule has 0 saturated carbocycles. The number of rotatable bonds is 4. The summed E-state index contributed by atoms with van der Waals surface area (Å²) in [7, 11) is 0. The van der Waals surface area contributed by atoms with Gasteiger partial charge in [0.15, 0.2) is 0 Å². The van der Waals surface area contributed by atoms with Gasteiger partial charge in [-0.05, 0) is 98.4 Å². The molecule has 0 spiro atoms. The summed E-state index contributed by atoms with van der Waals surface area (Å²) in [4.78, 5) is 9.56. The average molecular weight is 590 g/mol. The Morgan fingerprint density at radius 2 is 1.24 bits per heavy atom. The van der Waals surface area contributed by atoms with Crippen molar-refractivity contribution < 1.29 is 5.11 Å². The summed E-state index contributed by atoms with van der Waals surface area (Å²) >= 11 is 0. The van der Waals surface area contributed by atoms with Crippen LogP contribution in [-0.4, -0.2) is 19.6 Å². The fourth-order valence-corrected chi connectivity index (χ4v) is 6.78. The quantitative estimate of drug-likeness (QED) is 0.208. The van der Waals surface area contributed by atoms with E-state index in [0.717, 1.165) is 71.9 Å². The van der Waals surface area contributed by atoms with E-state index < -0.39 is 0 Å². The Bertz CT molecular complexity index is 2590. The van der Waals surface area contributed by atoms with Crippen LogP contribution < -0.4 is 0 Å². The molecule has 0 radical (unpaired) electrons. The van der Waals surface area contributed by atoms with Crippen molar-refractivity contribution in [2.45, 2.75) is 0 Å². The highest BCUT2D eigenvalue weighted by molar-refractivity contribution is 6.17. The van der Waals surface area contributed by atoms with E-state index in [-0.39, 0.29) is 5.75 Å². The Labute approximate surface area is 265 Å². The second-order valence-electron chi connectivity index (χ2n) is 11.6. The minimum atomic E-state index is 0.186. The van der Waals surface area contributed by atoms with Crippen LogP contribution in [0.4, 0.5) is 0 Å². The number of hydrogen-bond donors (Lipinski definition) is 1. The average Bonchev–Trinajstić information content (AvgIpc) is 3.51. The molecule has 0 aliphatic carbocycles. The molecule has 0 aliphatic heterocycles. The zero-order chi connectivity index (χ0) is 30.6. The monoisotopic (exact) mass is 589 g/mol. The molecule has 4 heteroatoms. The van der Waals surface area contributed by atoms with Gasteiger partial charge in [-0.15, -0.1) is 0 Å². The van der Waals surface area contributed by atoms with E-state index in [9.17, 15) is 5.11 Å². The lowest BCUT2D eigenvalue weighted by Gasteiger charge is -2.16. The Hall–Kier alpha value is -6.26. The van der Waals surface area contributed by atoms with Crippen molar-refractivity contribution in [1.82, 2.24) is 14.5 Å². The third-order valence-electron chi connectivity index (χ3n) is 8.93. The first-order chi connectivity index (χ1) is 22.7. The molecule has 9 rings (SSSR count). The highest BCUT2D eigenvalue weighted by Crippen LogP contribution is 2.42. The van der Waals surface area contributed by atoms with Gasteiger partial charge in [0.1, 0.15) is 17.1 Å². The lowest BCUT2D eigenvalue weighted by molar-refractivity contribution is 0.480. The van der Waals surface area contributed by atoms with Gasteiger partial charge < -0.3 is 5.11 Å². The van der Waals surface area contributed by atoms with Gasteiger partial charge in [0.2, 0.25) is 0 Å². The number of fused-ring (bicyclic) bond motifs is 4. The van der Waals surface area contributed by atoms with Crippen LogP contribution >= 0.6 is 0 Å². The Kier molecular flexibility index (Phi) is 5.93. The zero-order valence-electron chi connectivity index (χ0n) is 24.8. The normalized spacial score (nSPS) is 11.6. The lowest BCUT2D eigenvalue weighted by Crippen LogP contribution is -1.97. The second kappa shape index (κ2) is 10.4. The second-order valence-corrected chi connectivity index (χ2v) is 11.6. The fourth-order valence-electron chi connectivity index (χ4n) is 6.78. The number of phenols is 1. The maximum atomic E-state index is 10.6. The maximum Gasteiger partial charge on any atom is 0.145 e. The van der Waals surface area contributed by atoms with Gasteiger partial charge in [-0.3, -0.25) is 9.55 Å². The third-order valence-corrected chi connectivity index (χ3v) is 8.93. The summed E-state index contributed by atoms with van der Waals surface area (Å²) < 4.78 is 2.23. The maximum absolute atomic E-state index is 10.6. The Morgan fingerprint density at radius 1 is 0.522 bits per heavy atom. The summed E-state index contributed by atoms with van der Waals surface area (Å²) in [6.45, 7) is 0. The number of phenolic OH excluding ortho intramolecular Hbond substituents is 1. The van der Waals surface area contributed by atoms with Gasteiger partial charge in [0, 0.05) is 22.8 Å². The number of aromatic nitrogens is 3. The van der Waals surface area contributed by atoms with Crippen molar-refractivity contribution in [2.24, 2.45) is 0 Å². The summed E-state index contributed by atoms with van der Waals surface area (Å²) in [5.41, 5.74) is 9.25. The van der Waals surface area contributed by atoms with E-state index in [1.54, 1.807) is 12.3 Å². The highest BCUT2D eigenvalue weighted by atomic mass is 16.3. The zero-order valence-corrected chi connectivity index (χ0v) is 24.8. The van der Waals surface area contributed by atoms with Crippen LogP contribution in [0.1, 0.15) is 0 Å². The molecular weight excluding hydrogens is 562 g/mol. The summed E-state index contributed by atoms with van der Waals surface area (Å²) in [5, 5.41) is 16.2. The Balaban J connectivity index is 1.21. The summed E-state index contributed by atoms with van der Waals surface area (Å²) in [6.07, 6.45) is 1.73. The van der Waals surface area contributed by atoms with Gasteiger partial charge in [0.05, 0.1) is 11.0 Å². The number of aromatic hydroxyl groups is 1. The van der Waals surface area contributed by atoms with Gasteiger partial charge in [-0.25, -0.2) is 4.98 Å².